The number of benzene rings is 1. The quantitative estimate of drug-likeness (QED) is 0.797. The highest BCUT2D eigenvalue weighted by atomic mass is 19.1. The Labute approximate surface area is 88.5 Å². The number of carbonyl (C=O) groups is 1. The second kappa shape index (κ2) is 4.29. The fourth-order valence-corrected chi connectivity index (χ4v) is 1.18. The number of hydrogen-bond donors (Lipinski definition) is 2. The van der Waals surface area contributed by atoms with Gasteiger partial charge in [0.2, 0.25) is 5.91 Å². The van der Waals surface area contributed by atoms with Gasteiger partial charge in [0, 0.05) is 0 Å². The molecule has 0 spiro atoms. The van der Waals surface area contributed by atoms with Crippen molar-refractivity contribution in [2.24, 2.45) is 5.73 Å². The predicted molar refractivity (Wildman–Crippen MR) is 57.9 cm³/mol. The van der Waals surface area contributed by atoms with E-state index in [9.17, 15) is 9.18 Å². The van der Waals surface area contributed by atoms with Crippen LogP contribution in [0.25, 0.3) is 0 Å². The molecule has 82 valence electrons. The Morgan fingerprint density at radius 1 is 1.53 bits per heavy atom. The highest BCUT2D eigenvalue weighted by Gasteiger charge is 2.29. The summed E-state index contributed by atoms with van der Waals surface area (Å²) in [6, 6.07) is 6.20. The van der Waals surface area contributed by atoms with Crippen LogP contribution in [0.15, 0.2) is 24.3 Å². The first-order valence-electron chi connectivity index (χ1n) is 4.82. The molecule has 1 unspecified atom stereocenters. The predicted octanol–water partition coefficient (Wildman–Crippen LogP) is 1.89. The summed E-state index contributed by atoms with van der Waals surface area (Å²) in [7, 11) is 0. The molecule has 3 nitrogen and oxygen atoms in total. The molecule has 0 fully saturated rings. The topological polar surface area (TPSA) is 55.1 Å². The van der Waals surface area contributed by atoms with Crippen LogP contribution >= 0.6 is 0 Å². The largest absolute Gasteiger partial charge is 0.369 e. The number of anilines is 1. The van der Waals surface area contributed by atoms with Crippen molar-refractivity contribution in [3.8, 4) is 0 Å². The summed E-state index contributed by atoms with van der Waals surface area (Å²) in [5.41, 5.74) is 4.63. The van der Waals surface area contributed by atoms with Crippen LogP contribution in [0.2, 0.25) is 0 Å². The summed E-state index contributed by atoms with van der Waals surface area (Å²) in [5.74, 6) is -0.883. The lowest BCUT2D eigenvalue weighted by molar-refractivity contribution is -0.121. The van der Waals surface area contributed by atoms with Crippen molar-refractivity contribution in [2.45, 2.75) is 25.8 Å². The van der Waals surface area contributed by atoms with Gasteiger partial charge in [0.15, 0.2) is 0 Å². The normalized spacial score (nSPS) is 14.3. The Bertz CT molecular complexity index is 367. The van der Waals surface area contributed by atoms with Crippen molar-refractivity contribution < 1.29 is 9.18 Å². The summed E-state index contributed by atoms with van der Waals surface area (Å²) in [6.45, 7) is 3.47. The van der Waals surface area contributed by atoms with E-state index in [0.717, 1.165) is 0 Å². The number of para-hydroxylation sites is 1. The zero-order valence-electron chi connectivity index (χ0n) is 8.88. The molecule has 15 heavy (non-hydrogen) atoms. The number of nitrogens with one attached hydrogen (secondary N) is 1. The van der Waals surface area contributed by atoms with Crippen LogP contribution in [0.5, 0.6) is 0 Å². The van der Waals surface area contributed by atoms with Gasteiger partial charge >= 0.3 is 0 Å². The van der Waals surface area contributed by atoms with Crippen molar-refractivity contribution in [2.75, 3.05) is 5.32 Å². The van der Waals surface area contributed by atoms with Gasteiger partial charge in [0.05, 0.1) is 5.69 Å². The van der Waals surface area contributed by atoms with Gasteiger partial charge < -0.3 is 11.1 Å². The average Bonchev–Trinajstić information content (AvgIpc) is 2.21. The fraction of sp³-hybridized carbons (Fsp3) is 0.364. The van der Waals surface area contributed by atoms with Crippen molar-refractivity contribution in [3.63, 3.8) is 0 Å². The second-order valence-corrected chi connectivity index (χ2v) is 3.65. The van der Waals surface area contributed by atoms with Crippen molar-refractivity contribution in [1.82, 2.24) is 0 Å². The number of rotatable bonds is 4. The number of primary amides is 1. The first-order chi connectivity index (χ1) is 6.99. The summed E-state index contributed by atoms with van der Waals surface area (Å²) < 4.78 is 13.3. The van der Waals surface area contributed by atoms with Crippen molar-refractivity contribution >= 4 is 11.6 Å². The van der Waals surface area contributed by atoms with E-state index in [1.54, 1.807) is 25.1 Å². The van der Waals surface area contributed by atoms with E-state index < -0.39 is 17.3 Å². The van der Waals surface area contributed by atoms with Crippen molar-refractivity contribution in [1.29, 1.82) is 0 Å². The molecule has 0 saturated carbocycles. The lowest BCUT2D eigenvalue weighted by Gasteiger charge is -2.27. The average molecular weight is 210 g/mol. The van der Waals surface area contributed by atoms with Gasteiger partial charge in [-0.05, 0) is 25.5 Å². The summed E-state index contributed by atoms with van der Waals surface area (Å²) in [5, 5.41) is 2.82. The van der Waals surface area contributed by atoms with Crippen molar-refractivity contribution in [3.05, 3.63) is 30.1 Å². The van der Waals surface area contributed by atoms with Gasteiger partial charge in [-0.1, -0.05) is 19.1 Å². The molecule has 1 amide bonds. The van der Waals surface area contributed by atoms with Gasteiger partial charge in [-0.2, -0.15) is 0 Å². The molecule has 1 rings (SSSR count). The third kappa shape index (κ3) is 2.46. The lowest BCUT2D eigenvalue weighted by atomic mass is 9.97. The van der Waals surface area contributed by atoms with E-state index in [1.807, 2.05) is 6.92 Å². The standard InChI is InChI=1S/C11H15FN2O/c1-3-11(2,10(13)15)14-9-7-5-4-6-8(9)12/h4-7,14H,3H2,1-2H3,(H2,13,15). The van der Waals surface area contributed by atoms with E-state index >= 15 is 0 Å². The number of amides is 1. The van der Waals surface area contributed by atoms with Crippen LogP contribution in [0.3, 0.4) is 0 Å². The Balaban J connectivity index is 2.94. The number of hydrogen-bond acceptors (Lipinski definition) is 2. The number of carbonyl (C=O) groups excluding carboxylic acids is 1. The van der Waals surface area contributed by atoms with Crippen LogP contribution < -0.4 is 11.1 Å². The molecule has 0 bridgehead atoms. The summed E-state index contributed by atoms with van der Waals surface area (Å²) >= 11 is 0. The minimum Gasteiger partial charge on any atom is -0.369 e. The highest BCUT2D eigenvalue weighted by Crippen LogP contribution is 2.20. The first-order valence-corrected chi connectivity index (χ1v) is 4.82. The summed E-state index contributed by atoms with van der Waals surface area (Å²) in [4.78, 5) is 11.2. The molecule has 0 aliphatic rings. The maximum Gasteiger partial charge on any atom is 0.242 e. The SMILES string of the molecule is CCC(C)(Nc1ccccc1F)C(N)=O. The molecule has 0 saturated heterocycles. The smallest absolute Gasteiger partial charge is 0.242 e. The Hall–Kier alpha value is -1.58. The van der Waals surface area contributed by atoms with E-state index in [1.165, 1.54) is 6.07 Å². The Morgan fingerprint density at radius 2 is 2.13 bits per heavy atom. The minimum absolute atomic E-state index is 0.292. The molecule has 0 heterocycles. The molecule has 0 radical (unpaired) electrons. The minimum atomic E-state index is -0.914. The molecule has 1 aromatic carbocycles. The molecule has 0 aliphatic carbocycles. The maximum atomic E-state index is 13.3. The second-order valence-electron chi connectivity index (χ2n) is 3.65. The molecule has 1 atom stereocenters. The molecule has 1 aromatic rings. The maximum absolute atomic E-state index is 13.3. The van der Waals surface area contributed by atoms with Gasteiger partial charge in [0.1, 0.15) is 11.4 Å². The van der Waals surface area contributed by atoms with Gasteiger partial charge in [-0.15, -0.1) is 0 Å². The molecular weight excluding hydrogens is 195 g/mol. The molecule has 3 N–H and O–H groups in total. The van der Waals surface area contributed by atoms with Crippen LogP contribution in [0.4, 0.5) is 10.1 Å². The zero-order valence-corrected chi connectivity index (χ0v) is 8.88. The van der Waals surface area contributed by atoms with Crippen LogP contribution in [0, 0.1) is 5.82 Å². The number of nitrogens with two attached hydrogens (primary N) is 1. The van der Waals surface area contributed by atoms with Crippen LogP contribution in [-0.4, -0.2) is 11.4 Å². The van der Waals surface area contributed by atoms with E-state index in [4.69, 9.17) is 5.73 Å². The third-order valence-corrected chi connectivity index (χ3v) is 2.54. The summed E-state index contributed by atoms with van der Waals surface area (Å²) in [6.07, 6.45) is 0.497. The Morgan fingerprint density at radius 3 is 2.60 bits per heavy atom. The lowest BCUT2D eigenvalue weighted by Crippen LogP contribution is -2.47. The monoisotopic (exact) mass is 210 g/mol. The Kier molecular flexibility index (Phi) is 3.29. The van der Waals surface area contributed by atoms with Gasteiger partial charge in [-0.25, -0.2) is 4.39 Å². The molecular formula is C11H15FN2O. The van der Waals surface area contributed by atoms with Crippen LogP contribution in [0.1, 0.15) is 20.3 Å². The molecule has 0 aliphatic heterocycles. The van der Waals surface area contributed by atoms with E-state index in [0.29, 0.717) is 12.1 Å². The third-order valence-electron chi connectivity index (χ3n) is 2.54. The van der Waals surface area contributed by atoms with E-state index in [2.05, 4.69) is 5.32 Å². The van der Waals surface area contributed by atoms with E-state index in [-0.39, 0.29) is 0 Å². The van der Waals surface area contributed by atoms with Gasteiger partial charge in [-0.3, -0.25) is 4.79 Å². The first kappa shape index (κ1) is 11.5. The highest BCUT2D eigenvalue weighted by molar-refractivity contribution is 5.87. The van der Waals surface area contributed by atoms with Crippen LogP contribution in [-0.2, 0) is 4.79 Å². The fourth-order valence-electron chi connectivity index (χ4n) is 1.18. The van der Waals surface area contributed by atoms with Gasteiger partial charge in [0.25, 0.3) is 0 Å². The molecule has 4 heteroatoms. The number of halogens is 1. The zero-order chi connectivity index (χ0) is 11.5. The molecule has 0 aromatic heterocycles.